The molecule has 0 heterocycles. The Bertz CT molecular complexity index is 759. The summed E-state index contributed by atoms with van der Waals surface area (Å²) in [5, 5.41) is 6.18. The number of carbonyl (C=O) groups is 1. The van der Waals surface area contributed by atoms with Crippen LogP contribution in [0.25, 0.3) is 0 Å². The van der Waals surface area contributed by atoms with Crippen LogP contribution >= 0.6 is 24.0 Å². The van der Waals surface area contributed by atoms with Gasteiger partial charge in [0.05, 0.1) is 0 Å². The largest absolute Gasteiger partial charge is 0.352 e. The van der Waals surface area contributed by atoms with Gasteiger partial charge in [-0.15, -0.1) is 24.0 Å². The highest BCUT2D eigenvalue weighted by Gasteiger charge is 2.08. The fourth-order valence-electron chi connectivity index (χ4n) is 2.72. The molecule has 0 radical (unpaired) electrons. The third kappa shape index (κ3) is 6.86. The first-order chi connectivity index (χ1) is 12.5. The van der Waals surface area contributed by atoms with Gasteiger partial charge in [0.25, 0.3) is 5.91 Å². The number of rotatable bonds is 6. The van der Waals surface area contributed by atoms with Gasteiger partial charge in [-0.05, 0) is 42.7 Å². The SMILES string of the molecule is CCNC(=O)c1ccc(CNC(=NC)N(C)Cc2ccccc2C)cc1.I. The molecule has 0 spiro atoms. The van der Waals surface area contributed by atoms with Crippen LogP contribution in [0.3, 0.4) is 0 Å². The lowest BCUT2D eigenvalue weighted by Gasteiger charge is -2.23. The highest BCUT2D eigenvalue weighted by Crippen LogP contribution is 2.10. The maximum Gasteiger partial charge on any atom is 0.251 e. The van der Waals surface area contributed by atoms with Crippen molar-refractivity contribution in [3.63, 3.8) is 0 Å². The van der Waals surface area contributed by atoms with E-state index >= 15 is 0 Å². The maximum atomic E-state index is 11.8. The molecule has 2 N–H and O–H groups in total. The van der Waals surface area contributed by atoms with Gasteiger partial charge in [-0.2, -0.15) is 0 Å². The quantitative estimate of drug-likeness (QED) is 0.378. The lowest BCUT2D eigenvalue weighted by atomic mass is 10.1. The van der Waals surface area contributed by atoms with Crippen molar-refractivity contribution in [3.8, 4) is 0 Å². The number of hydrogen-bond donors (Lipinski definition) is 2. The fraction of sp³-hybridized carbons (Fsp3) is 0.333. The molecule has 0 saturated carbocycles. The van der Waals surface area contributed by atoms with Crippen LogP contribution in [0, 0.1) is 6.92 Å². The van der Waals surface area contributed by atoms with Gasteiger partial charge in [0.1, 0.15) is 0 Å². The molecule has 1 amide bonds. The summed E-state index contributed by atoms with van der Waals surface area (Å²) in [6, 6.07) is 16.0. The van der Waals surface area contributed by atoms with Crippen molar-refractivity contribution in [2.45, 2.75) is 26.9 Å². The zero-order chi connectivity index (χ0) is 18.9. The van der Waals surface area contributed by atoms with E-state index in [9.17, 15) is 4.79 Å². The summed E-state index contributed by atoms with van der Waals surface area (Å²) >= 11 is 0. The zero-order valence-electron chi connectivity index (χ0n) is 16.5. The van der Waals surface area contributed by atoms with E-state index in [4.69, 9.17) is 0 Å². The second-order valence-electron chi connectivity index (χ2n) is 6.24. The first-order valence-electron chi connectivity index (χ1n) is 8.88. The lowest BCUT2D eigenvalue weighted by Crippen LogP contribution is -2.38. The van der Waals surface area contributed by atoms with Crippen molar-refractivity contribution in [1.82, 2.24) is 15.5 Å². The Balaban J connectivity index is 0.00000364. The summed E-state index contributed by atoms with van der Waals surface area (Å²) < 4.78 is 0. The fourth-order valence-corrected chi connectivity index (χ4v) is 2.72. The average Bonchev–Trinajstić information content (AvgIpc) is 2.65. The average molecular weight is 480 g/mol. The Hall–Kier alpha value is -2.09. The van der Waals surface area contributed by atoms with Gasteiger partial charge in [-0.3, -0.25) is 9.79 Å². The summed E-state index contributed by atoms with van der Waals surface area (Å²) in [7, 11) is 3.81. The number of benzene rings is 2. The smallest absolute Gasteiger partial charge is 0.251 e. The predicted octanol–water partition coefficient (Wildman–Crippen LogP) is 3.57. The van der Waals surface area contributed by atoms with Crippen LogP contribution in [0.2, 0.25) is 0 Å². The molecule has 27 heavy (non-hydrogen) atoms. The molecule has 0 fully saturated rings. The Labute approximate surface area is 179 Å². The van der Waals surface area contributed by atoms with E-state index in [1.807, 2.05) is 38.2 Å². The van der Waals surface area contributed by atoms with Crippen LogP contribution in [0.15, 0.2) is 53.5 Å². The number of aryl methyl sites for hydroxylation is 1. The van der Waals surface area contributed by atoms with E-state index in [0.29, 0.717) is 18.7 Å². The molecular formula is C21H29IN4O. The minimum Gasteiger partial charge on any atom is -0.352 e. The van der Waals surface area contributed by atoms with Crippen LogP contribution < -0.4 is 10.6 Å². The third-order valence-corrected chi connectivity index (χ3v) is 4.25. The molecule has 146 valence electrons. The number of guanidine groups is 1. The first kappa shape index (κ1) is 23.0. The van der Waals surface area contributed by atoms with E-state index in [1.165, 1.54) is 11.1 Å². The molecule has 0 bridgehead atoms. The Kier molecular flexibility index (Phi) is 9.85. The Morgan fingerprint density at radius 3 is 2.33 bits per heavy atom. The molecule has 0 aliphatic rings. The van der Waals surface area contributed by atoms with Crippen molar-refractivity contribution in [1.29, 1.82) is 0 Å². The Morgan fingerprint density at radius 2 is 1.74 bits per heavy atom. The van der Waals surface area contributed by atoms with Crippen LogP contribution in [0.4, 0.5) is 0 Å². The standard InChI is InChI=1S/C21H28N4O.HI/c1-5-23-20(26)18-12-10-17(11-13-18)14-24-21(22-3)25(4)15-19-9-7-6-8-16(19)2;/h6-13H,5,14-15H2,1-4H3,(H,22,24)(H,23,26);1H. The summed E-state index contributed by atoms with van der Waals surface area (Å²) in [4.78, 5) is 18.3. The first-order valence-corrected chi connectivity index (χ1v) is 8.88. The number of hydrogen-bond acceptors (Lipinski definition) is 2. The van der Waals surface area contributed by atoms with E-state index < -0.39 is 0 Å². The number of nitrogens with zero attached hydrogens (tertiary/aromatic N) is 2. The number of halogens is 1. The number of aliphatic imine (C=N–C) groups is 1. The summed E-state index contributed by atoms with van der Waals surface area (Å²) in [5.74, 6) is 0.793. The van der Waals surface area contributed by atoms with Crippen molar-refractivity contribution in [2.75, 3.05) is 20.6 Å². The van der Waals surface area contributed by atoms with Gasteiger partial charge in [0.2, 0.25) is 0 Å². The molecule has 0 aromatic heterocycles. The topological polar surface area (TPSA) is 56.7 Å². The zero-order valence-corrected chi connectivity index (χ0v) is 18.8. The third-order valence-electron chi connectivity index (χ3n) is 4.25. The molecule has 2 aromatic carbocycles. The van der Waals surface area contributed by atoms with Crippen LogP contribution in [0.1, 0.15) is 34.0 Å². The lowest BCUT2D eigenvalue weighted by molar-refractivity contribution is 0.0956. The van der Waals surface area contributed by atoms with E-state index in [-0.39, 0.29) is 29.9 Å². The minimum absolute atomic E-state index is 0. The van der Waals surface area contributed by atoms with Crippen molar-refractivity contribution < 1.29 is 4.79 Å². The van der Waals surface area contributed by atoms with Crippen molar-refractivity contribution in [2.24, 2.45) is 4.99 Å². The van der Waals surface area contributed by atoms with E-state index in [2.05, 4.69) is 51.7 Å². The van der Waals surface area contributed by atoms with Gasteiger partial charge in [0, 0.05) is 39.3 Å². The molecule has 2 rings (SSSR count). The molecule has 0 saturated heterocycles. The van der Waals surface area contributed by atoms with Gasteiger partial charge in [-0.1, -0.05) is 36.4 Å². The highest BCUT2D eigenvalue weighted by atomic mass is 127. The minimum atomic E-state index is -0.0409. The molecule has 5 nitrogen and oxygen atoms in total. The highest BCUT2D eigenvalue weighted by molar-refractivity contribution is 14.0. The van der Waals surface area contributed by atoms with Gasteiger partial charge >= 0.3 is 0 Å². The normalized spacial score (nSPS) is 10.7. The van der Waals surface area contributed by atoms with Gasteiger partial charge < -0.3 is 15.5 Å². The second-order valence-corrected chi connectivity index (χ2v) is 6.24. The van der Waals surface area contributed by atoms with Gasteiger partial charge in [0.15, 0.2) is 5.96 Å². The molecule has 0 aliphatic heterocycles. The maximum absolute atomic E-state index is 11.8. The van der Waals surface area contributed by atoms with Gasteiger partial charge in [-0.25, -0.2) is 0 Å². The molecule has 0 unspecified atom stereocenters. The second kappa shape index (κ2) is 11.6. The molecule has 0 atom stereocenters. The molecular weight excluding hydrogens is 451 g/mol. The molecule has 2 aromatic rings. The van der Waals surface area contributed by atoms with Crippen LogP contribution in [0.5, 0.6) is 0 Å². The van der Waals surface area contributed by atoms with E-state index in [1.54, 1.807) is 7.05 Å². The molecule has 6 heteroatoms. The number of carbonyl (C=O) groups excluding carboxylic acids is 1. The summed E-state index contributed by atoms with van der Waals surface area (Å²) in [5.41, 5.74) is 4.33. The predicted molar refractivity (Wildman–Crippen MR) is 123 cm³/mol. The number of amides is 1. The Morgan fingerprint density at radius 1 is 1.07 bits per heavy atom. The van der Waals surface area contributed by atoms with Crippen LogP contribution in [-0.4, -0.2) is 37.4 Å². The summed E-state index contributed by atoms with van der Waals surface area (Å²) in [6.07, 6.45) is 0. The van der Waals surface area contributed by atoms with Crippen molar-refractivity contribution >= 4 is 35.8 Å². The van der Waals surface area contributed by atoms with E-state index in [0.717, 1.165) is 18.1 Å². The number of nitrogens with one attached hydrogen (secondary N) is 2. The van der Waals surface area contributed by atoms with Crippen LogP contribution in [-0.2, 0) is 13.1 Å². The van der Waals surface area contributed by atoms with Crippen molar-refractivity contribution in [3.05, 3.63) is 70.8 Å². The summed E-state index contributed by atoms with van der Waals surface area (Å²) in [6.45, 7) is 6.11. The molecule has 0 aliphatic carbocycles. The monoisotopic (exact) mass is 480 g/mol.